The van der Waals surface area contributed by atoms with Crippen LogP contribution in [0.4, 0.5) is 5.82 Å². The van der Waals surface area contributed by atoms with Crippen molar-refractivity contribution < 1.29 is 9.90 Å². The fourth-order valence-electron chi connectivity index (χ4n) is 1.19. The van der Waals surface area contributed by atoms with Crippen LogP contribution in [-0.4, -0.2) is 33.6 Å². The molecule has 0 saturated heterocycles. The first-order chi connectivity index (χ1) is 7.39. The van der Waals surface area contributed by atoms with Crippen molar-refractivity contribution in [1.29, 1.82) is 0 Å². The minimum atomic E-state index is -0.987. The van der Waals surface area contributed by atoms with Crippen molar-refractivity contribution in [2.24, 2.45) is 0 Å². The second-order valence-corrected chi connectivity index (χ2v) is 4.14. The van der Waals surface area contributed by atoms with Gasteiger partial charge in [0.1, 0.15) is 17.7 Å². The fraction of sp³-hybridized carbons (Fsp3) is 0.545. The van der Waals surface area contributed by atoms with E-state index in [4.69, 9.17) is 5.11 Å². The van der Waals surface area contributed by atoms with Gasteiger partial charge >= 0.3 is 5.97 Å². The number of aromatic nitrogens is 2. The normalized spacial score (nSPS) is 11.2. The third-order valence-corrected chi connectivity index (χ3v) is 2.78. The van der Waals surface area contributed by atoms with Gasteiger partial charge in [-0.2, -0.15) is 0 Å². The molecule has 0 aliphatic carbocycles. The van der Waals surface area contributed by atoms with Crippen LogP contribution in [0.3, 0.4) is 0 Å². The average Bonchev–Trinajstić information content (AvgIpc) is 2.27. The van der Waals surface area contributed by atoms with Crippen LogP contribution in [0.1, 0.15) is 26.5 Å². The van der Waals surface area contributed by atoms with Gasteiger partial charge in [-0.05, 0) is 20.3 Å². The Bertz CT molecular complexity index is 391. The molecule has 16 heavy (non-hydrogen) atoms. The van der Waals surface area contributed by atoms with Gasteiger partial charge in [0.2, 0.25) is 0 Å². The summed E-state index contributed by atoms with van der Waals surface area (Å²) in [6.45, 7) is 5.28. The number of nitrogens with zero attached hydrogens (tertiary/aromatic N) is 3. The molecule has 1 heterocycles. The molecular weight excluding hydrogens is 206 g/mol. The molecule has 0 saturated carbocycles. The number of carbonyl (C=O) groups is 1. The van der Waals surface area contributed by atoms with Crippen molar-refractivity contribution in [3.05, 3.63) is 18.1 Å². The monoisotopic (exact) mass is 223 g/mol. The van der Waals surface area contributed by atoms with Gasteiger partial charge in [-0.1, -0.05) is 6.92 Å². The summed E-state index contributed by atoms with van der Waals surface area (Å²) in [5, 5.41) is 9.11. The molecule has 1 rings (SSSR count). The van der Waals surface area contributed by atoms with Crippen LogP contribution < -0.4 is 4.90 Å². The Morgan fingerprint density at radius 3 is 2.62 bits per heavy atom. The third-order valence-electron chi connectivity index (χ3n) is 2.78. The zero-order chi connectivity index (χ0) is 12.3. The molecule has 0 aromatic carbocycles. The van der Waals surface area contributed by atoms with Crippen LogP contribution in [0.15, 0.2) is 12.4 Å². The fourth-order valence-corrected chi connectivity index (χ4v) is 1.19. The van der Waals surface area contributed by atoms with E-state index in [9.17, 15) is 4.79 Å². The number of aryl methyl sites for hydroxylation is 1. The van der Waals surface area contributed by atoms with Gasteiger partial charge in [-0.25, -0.2) is 14.8 Å². The van der Waals surface area contributed by atoms with Crippen molar-refractivity contribution in [1.82, 2.24) is 9.97 Å². The first-order valence-corrected chi connectivity index (χ1v) is 5.17. The average molecular weight is 223 g/mol. The molecule has 0 bridgehead atoms. The Morgan fingerprint density at radius 2 is 2.12 bits per heavy atom. The van der Waals surface area contributed by atoms with E-state index in [1.54, 1.807) is 25.8 Å². The molecule has 1 aromatic heterocycles. The molecule has 0 radical (unpaired) electrons. The lowest BCUT2D eigenvalue weighted by molar-refractivity contribution is -0.142. The summed E-state index contributed by atoms with van der Waals surface area (Å²) in [5.74, 6) is -0.258. The standard InChI is InChI=1S/C11H17N3O2/c1-5-8-6-9(13-7-12-8)14(4)11(2,3)10(15)16/h6-7H,5H2,1-4H3,(H,15,16). The van der Waals surface area contributed by atoms with Crippen LogP contribution in [-0.2, 0) is 11.2 Å². The predicted octanol–water partition coefficient (Wildman–Crippen LogP) is 1.34. The second kappa shape index (κ2) is 4.47. The molecule has 1 aromatic rings. The number of carboxylic acid groups (broad SMARTS) is 1. The van der Waals surface area contributed by atoms with Crippen LogP contribution in [0.2, 0.25) is 0 Å². The van der Waals surface area contributed by atoms with Crippen molar-refractivity contribution in [2.75, 3.05) is 11.9 Å². The van der Waals surface area contributed by atoms with Gasteiger partial charge in [-0.3, -0.25) is 0 Å². The van der Waals surface area contributed by atoms with Gasteiger partial charge in [0.25, 0.3) is 0 Å². The van der Waals surface area contributed by atoms with E-state index in [1.807, 2.05) is 13.0 Å². The number of aliphatic carboxylic acids is 1. The molecule has 0 aliphatic heterocycles. The summed E-state index contributed by atoms with van der Waals surface area (Å²) in [4.78, 5) is 20.9. The molecule has 0 amide bonds. The molecule has 5 nitrogen and oxygen atoms in total. The highest BCUT2D eigenvalue weighted by Gasteiger charge is 2.32. The summed E-state index contributed by atoms with van der Waals surface area (Å²) in [6, 6.07) is 1.81. The van der Waals surface area contributed by atoms with Gasteiger partial charge in [0.05, 0.1) is 0 Å². The molecule has 0 atom stereocenters. The minimum absolute atomic E-state index is 0.624. The lowest BCUT2D eigenvalue weighted by Gasteiger charge is -2.32. The van der Waals surface area contributed by atoms with E-state index in [2.05, 4.69) is 9.97 Å². The van der Waals surface area contributed by atoms with Crippen molar-refractivity contribution >= 4 is 11.8 Å². The lowest BCUT2D eigenvalue weighted by atomic mass is 10.0. The Hall–Kier alpha value is -1.65. The highest BCUT2D eigenvalue weighted by atomic mass is 16.4. The third kappa shape index (κ3) is 2.29. The van der Waals surface area contributed by atoms with E-state index in [0.717, 1.165) is 12.1 Å². The number of carboxylic acids is 1. The summed E-state index contributed by atoms with van der Waals surface area (Å²) >= 11 is 0. The summed E-state index contributed by atoms with van der Waals surface area (Å²) in [7, 11) is 1.72. The predicted molar refractivity (Wildman–Crippen MR) is 61.5 cm³/mol. The number of rotatable bonds is 4. The van der Waals surface area contributed by atoms with Gasteiger partial charge < -0.3 is 10.0 Å². The summed E-state index contributed by atoms with van der Waals surface area (Å²) in [5.41, 5.74) is -0.0858. The van der Waals surface area contributed by atoms with E-state index < -0.39 is 11.5 Å². The number of likely N-dealkylation sites (N-methyl/N-ethyl adjacent to an activating group) is 1. The first kappa shape index (κ1) is 12.4. The quantitative estimate of drug-likeness (QED) is 0.834. The van der Waals surface area contributed by atoms with Crippen LogP contribution in [0, 0.1) is 0 Å². The van der Waals surface area contributed by atoms with Crippen molar-refractivity contribution in [3.63, 3.8) is 0 Å². The molecule has 0 unspecified atom stereocenters. The van der Waals surface area contributed by atoms with Crippen molar-refractivity contribution in [3.8, 4) is 0 Å². The van der Waals surface area contributed by atoms with Crippen LogP contribution >= 0.6 is 0 Å². The minimum Gasteiger partial charge on any atom is -0.480 e. The first-order valence-electron chi connectivity index (χ1n) is 5.17. The Kier molecular flexibility index (Phi) is 3.47. The largest absolute Gasteiger partial charge is 0.480 e. The Labute approximate surface area is 95.1 Å². The highest BCUT2D eigenvalue weighted by Crippen LogP contribution is 2.20. The maximum Gasteiger partial charge on any atom is 0.328 e. The molecule has 0 fully saturated rings. The van der Waals surface area contributed by atoms with E-state index in [-0.39, 0.29) is 0 Å². The summed E-state index contributed by atoms with van der Waals surface area (Å²) in [6.07, 6.45) is 2.26. The van der Waals surface area contributed by atoms with Gasteiger partial charge in [0, 0.05) is 18.8 Å². The zero-order valence-corrected chi connectivity index (χ0v) is 10.1. The smallest absolute Gasteiger partial charge is 0.328 e. The van der Waals surface area contributed by atoms with Crippen LogP contribution in [0.25, 0.3) is 0 Å². The maximum atomic E-state index is 11.1. The topological polar surface area (TPSA) is 66.3 Å². The highest BCUT2D eigenvalue weighted by molar-refractivity contribution is 5.81. The number of hydrogen-bond donors (Lipinski definition) is 1. The zero-order valence-electron chi connectivity index (χ0n) is 10.1. The number of anilines is 1. The maximum absolute atomic E-state index is 11.1. The van der Waals surface area contributed by atoms with Gasteiger partial charge in [0.15, 0.2) is 0 Å². The van der Waals surface area contributed by atoms with E-state index in [1.165, 1.54) is 6.33 Å². The Morgan fingerprint density at radius 1 is 1.50 bits per heavy atom. The van der Waals surface area contributed by atoms with E-state index in [0.29, 0.717) is 5.82 Å². The lowest BCUT2D eigenvalue weighted by Crippen LogP contribution is -2.48. The SMILES string of the molecule is CCc1cc(N(C)C(C)(C)C(=O)O)ncn1. The molecule has 88 valence electrons. The van der Waals surface area contributed by atoms with Gasteiger partial charge in [-0.15, -0.1) is 0 Å². The second-order valence-electron chi connectivity index (χ2n) is 4.14. The molecule has 0 spiro atoms. The molecule has 1 N–H and O–H groups in total. The molecular formula is C11H17N3O2. The van der Waals surface area contributed by atoms with Crippen LogP contribution in [0.5, 0.6) is 0 Å². The molecule has 5 heteroatoms. The van der Waals surface area contributed by atoms with E-state index >= 15 is 0 Å². The molecule has 0 aliphatic rings. The Balaban J connectivity index is 3.04. The van der Waals surface area contributed by atoms with Crippen molar-refractivity contribution in [2.45, 2.75) is 32.7 Å². The number of hydrogen-bond acceptors (Lipinski definition) is 4. The summed E-state index contributed by atoms with van der Waals surface area (Å²) < 4.78 is 0.